The van der Waals surface area contributed by atoms with Gasteiger partial charge in [0.2, 0.25) is 0 Å². The Hall–Kier alpha value is -2.22. The molecule has 1 fully saturated rings. The number of aromatic nitrogens is 1. The van der Waals surface area contributed by atoms with Crippen molar-refractivity contribution >= 4 is 15.7 Å². The number of nitrogens with one attached hydrogen (secondary N) is 1. The molecule has 0 saturated carbocycles. The fraction of sp³-hybridized carbons (Fsp3) is 0.286. The average molecular weight is 324 g/mol. The predicted molar refractivity (Wildman–Crippen MR) is 76.4 cm³/mol. The van der Waals surface area contributed by atoms with E-state index in [1.165, 1.54) is 30.5 Å². The van der Waals surface area contributed by atoms with Crippen LogP contribution >= 0.6 is 0 Å². The molecule has 1 unspecified atom stereocenters. The lowest BCUT2D eigenvalue weighted by atomic mass is 10.1. The summed E-state index contributed by atoms with van der Waals surface area (Å²) in [6, 6.07) is 5.05. The maximum atomic E-state index is 12.9. The quantitative estimate of drug-likeness (QED) is 0.922. The van der Waals surface area contributed by atoms with E-state index in [2.05, 4.69) is 10.5 Å². The maximum absolute atomic E-state index is 12.9. The summed E-state index contributed by atoms with van der Waals surface area (Å²) < 4.78 is 40.8. The molecule has 2 aromatic rings. The van der Waals surface area contributed by atoms with Gasteiger partial charge in [-0.05, 0) is 30.7 Å². The number of amides is 1. The molecular formula is C14H13FN2O4S. The van der Waals surface area contributed by atoms with Crippen molar-refractivity contribution in [3.63, 3.8) is 0 Å². The summed E-state index contributed by atoms with van der Waals surface area (Å²) in [6.07, 6.45) is 1.66. The van der Waals surface area contributed by atoms with Gasteiger partial charge in [0.25, 0.3) is 5.91 Å². The van der Waals surface area contributed by atoms with Gasteiger partial charge in [-0.2, -0.15) is 0 Å². The molecule has 6 nitrogen and oxygen atoms in total. The second-order valence-electron chi connectivity index (χ2n) is 5.15. The Labute approximate surface area is 126 Å². The lowest BCUT2D eigenvalue weighted by Crippen LogP contribution is -2.35. The van der Waals surface area contributed by atoms with Gasteiger partial charge in [0.1, 0.15) is 11.4 Å². The van der Waals surface area contributed by atoms with Crippen molar-refractivity contribution in [3.05, 3.63) is 41.8 Å². The number of carbonyl (C=O) groups is 1. The van der Waals surface area contributed by atoms with Crippen LogP contribution in [0.15, 0.2) is 35.0 Å². The number of sulfone groups is 1. The molecule has 1 aliphatic rings. The van der Waals surface area contributed by atoms with E-state index in [1.54, 1.807) is 0 Å². The van der Waals surface area contributed by atoms with Gasteiger partial charge in [-0.3, -0.25) is 4.79 Å². The third-order valence-corrected chi connectivity index (χ3v) is 5.26. The fourth-order valence-corrected chi connectivity index (χ4v) is 4.06. The molecule has 0 aliphatic carbocycles. The molecule has 0 spiro atoms. The number of nitrogens with zero attached hydrogens (tertiary/aromatic N) is 1. The van der Waals surface area contributed by atoms with E-state index < -0.39 is 27.6 Å². The van der Waals surface area contributed by atoms with Gasteiger partial charge in [0.15, 0.2) is 15.6 Å². The van der Waals surface area contributed by atoms with E-state index in [-0.39, 0.29) is 22.8 Å². The Morgan fingerprint density at radius 3 is 2.68 bits per heavy atom. The maximum Gasteiger partial charge on any atom is 0.257 e. The summed E-state index contributed by atoms with van der Waals surface area (Å²) in [6.45, 7) is 0. The highest BCUT2D eigenvalue weighted by Gasteiger charge is 2.30. The van der Waals surface area contributed by atoms with Gasteiger partial charge in [0.05, 0.1) is 17.7 Å². The smallest absolute Gasteiger partial charge is 0.257 e. The molecule has 116 valence electrons. The standard InChI is InChI=1S/C14H13FN2O4S/c15-10-3-1-9(2-4-10)13-12(7-16-21-13)14(18)17-11-5-6-22(19,20)8-11/h1-4,7,11H,5-6,8H2,(H,17,18). The summed E-state index contributed by atoms with van der Waals surface area (Å²) in [5.74, 6) is -0.617. The lowest BCUT2D eigenvalue weighted by molar-refractivity contribution is 0.0941. The van der Waals surface area contributed by atoms with Crippen LogP contribution < -0.4 is 5.32 Å². The van der Waals surface area contributed by atoms with Crippen LogP contribution in [0.1, 0.15) is 16.8 Å². The molecule has 22 heavy (non-hydrogen) atoms. The molecule has 1 aliphatic heterocycles. The minimum absolute atomic E-state index is 0.0596. The lowest BCUT2D eigenvalue weighted by Gasteiger charge is -2.10. The normalized spacial score (nSPS) is 20.0. The summed E-state index contributed by atoms with van der Waals surface area (Å²) in [5, 5.41) is 6.26. The molecule has 0 bridgehead atoms. The van der Waals surface area contributed by atoms with Crippen molar-refractivity contribution in [1.82, 2.24) is 10.5 Å². The van der Waals surface area contributed by atoms with E-state index >= 15 is 0 Å². The highest BCUT2D eigenvalue weighted by molar-refractivity contribution is 7.91. The Morgan fingerprint density at radius 2 is 2.05 bits per heavy atom. The number of halogens is 1. The largest absolute Gasteiger partial charge is 0.355 e. The van der Waals surface area contributed by atoms with Gasteiger partial charge in [-0.15, -0.1) is 0 Å². The summed E-state index contributed by atoms with van der Waals surface area (Å²) in [4.78, 5) is 12.3. The molecule has 1 amide bonds. The Balaban J connectivity index is 1.80. The van der Waals surface area contributed by atoms with Crippen LogP contribution in [0.5, 0.6) is 0 Å². The van der Waals surface area contributed by atoms with Crippen molar-refractivity contribution in [2.45, 2.75) is 12.5 Å². The highest BCUT2D eigenvalue weighted by atomic mass is 32.2. The van der Waals surface area contributed by atoms with Crippen LogP contribution in [0.2, 0.25) is 0 Å². The predicted octanol–water partition coefficient (Wildman–Crippen LogP) is 1.40. The monoisotopic (exact) mass is 324 g/mol. The number of rotatable bonds is 3. The van der Waals surface area contributed by atoms with Crippen molar-refractivity contribution in [3.8, 4) is 11.3 Å². The van der Waals surface area contributed by atoms with Crippen molar-refractivity contribution in [1.29, 1.82) is 0 Å². The molecule has 8 heteroatoms. The number of carbonyl (C=O) groups excluding carboxylic acids is 1. The van der Waals surface area contributed by atoms with Gasteiger partial charge in [0, 0.05) is 11.6 Å². The molecule has 1 aromatic carbocycles. The minimum Gasteiger partial charge on any atom is -0.355 e. The van der Waals surface area contributed by atoms with Crippen LogP contribution in [-0.2, 0) is 9.84 Å². The third kappa shape index (κ3) is 3.01. The topological polar surface area (TPSA) is 89.3 Å². The zero-order valence-corrected chi connectivity index (χ0v) is 12.3. The fourth-order valence-electron chi connectivity index (χ4n) is 2.38. The van der Waals surface area contributed by atoms with E-state index in [0.29, 0.717) is 12.0 Å². The second kappa shape index (κ2) is 5.53. The molecule has 1 atom stereocenters. The van der Waals surface area contributed by atoms with E-state index in [9.17, 15) is 17.6 Å². The summed E-state index contributed by atoms with van der Waals surface area (Å²) in [5.41, 5.74) is 0.707. The molecule has 0 radical (unpaired) electrons. The Morgan fingerprint density at radius 1 is 1.32 bits per heavy atom. The van der Waals surface area contributed by atoms with Crippen LogP contribution in [0.3, 0.4) is 0 Å². The first-order chi connectivity index (χ1) is 10.4. The second-order valence-corrected chi connectivity index (χ2v) is 7.38. The van der Waals surface area contributed by atoms with E-state index in [1.807, 2.05) is 0 Å². The van der Waals surface area contributed by atoms with E-state index in [4.69, 9.17) is 4.52 Å². The Kier molecular flexibility index (Phi) is 3.69. The Bertz CT molecular complexity index is 799. The van der Waals surface area contributed by atoms with Crippen LogP contribution in [0.4, 0.5) is 4.39 Å². The number of benzene rings is 1. The van der Waals surface area contributed by atoms with Crippen molar-refractivity contribution < 1.29 is 22.1 Å². The molecule has 1 N–H and O–H groups in total. The zero-order chi connectivity index (χ0) is 15.7. The zero-order valence-electron chi connectivity index (χ0n) is 11.5. The van der Waals surface area contributed by atoms with Crippen molar-refractivity contribution in [2.75, 3.05) is 11.5 Å². The van der Waals surface area contributed by atoms with Crippen LogP contribution in [-0.4, -0.2) is 37.0 Å². The molecule has 2 heterocycles. The first-order valence-corrected chi connectivity index (χ1v) is 8.49. The highest BCUT2D eigenvalue weighted by Crippen LogP contribution is 2.24. The first-order valence-electron chi connectivity index (χ1n) is 6.66. The molecule has 3 rings (SSSR count). The third-order valence-electron chi connectivity index (χ3n) is 3.49. The number of hydrogen-bond donors (Lipinski definition) is 1. The molecular weight excluding hydrogens is 311 g/mol. The first kappa shape index (κ1) is 14.7. The van der Waals surface area contributed by atoms with Gasteiger partial charge < -0.3 is 9.84 Å². The summed E-state index contributed by atoms with van der Waals surface area (Å²) in [7, 11) is -3.07. The molecule has 1 saturated heterocycles. The van der Waals surface area contributed by atoms with Gasteiger partial charge >= 0.3 is 0 Å². The minimum atomic E-state index is -3.07. The average Bonchev–Trinajstić information content (AvgIpc) is 3.06. The van der Waals surface area contributed by atoms with Crippen LogP contribution in [0.25, 0.3) is 11.3 Å². The molecule has 1 aromatic heterocycles. The van der Waals surface area contributed by atoms with E-state index in [0.717, 1.165) is 0 Å². The number of hydrogen-bond acceptors (Lipinski definition) is 5. The van der Waals surface area contributed by atoms with Gasteiger partial charge in [-0.1, -0.05) is 5.16 Å². The van der Waals surface area contributed by atoms with Crippen LogP contribution in [0, 0.1) is 5.82 Å². The summed E-state index contributed by atoms with van der Waals surface area (Å²) >= 11 is 0. The SMILES string of the molecule is O=C(NC1CCS(=O)(=O)C1)c1cnoc1-c1ccc(F)cc1. The van der Waals surface area contributed by atoms with Gasteiger partial charge in [-0.25, -0.2) is 12.8 Å². The van der Waals surface area contributed by atoms with Crippen molar-refractivity contribution in [2.24, 2.45) is 0 Å².